The van der Waals surface area contributed by atoms with Crippen molar-refractivity contribution in [3.63, 3.8) is 0 Å². The summed E-state index contributed by atoms with van der Waals surface area (Å²) in [6, 6.07) is 5.03. The number of carbonyl (C=O) groups is 2. The molecule has 1 atom stereocenters. The van der Waals surface area contributed by atoms with Crippen molar-refractivity contribution in [3.05, 3.63) is 24.0 Å². The minimum absolute atomic E-state index is 0.271. The zero-order chi connectivity index (χ0) is 22.1. The highest BCUT2D eigenvalue weighted by Gasteiger charge is 2.25. The number of carbonyl (C=O) groups excluding carboxylic acids is 2. The topological polar surface area (TPSA) is 71.1 Å². The van der Waals surface area contributed by atoms with E-state index in [2.05, 4.69) is 10.2 Å². The molecule has 2 saturated heterocycles. The number of anilines is 2. The molecule has 2 aliphatic heterocycles. The summed E-state index contributed by atoms with van der Waals surface area (Å²) >= 11 is 0. The third-order valence-electron chi connectivity index (χ3n) is 6.08. The highest BCUT2D eigenvalue weighted by Crippen LogP contribution is 2.29. The molecule has 3 rings (SSSR count). The van der Waals surface area contributed by atoms with E-state index in [-0.39, 0.29) is 11.9 Å². The molecule has 172 valence electrons. The van der Waals surface area contributed by atoms with Gasteiger partial charge < -0.3 is 19.3 Å². The molecule has 2 amide bonds. The average molecular weight is 436 g/mol. The predicted octanol–water partition coefficient (Wildman–Crippen LogP) is 4.03. The van der Waals surface area contributed by atoms with E-state index in [9.17, 15) is 14.0 Å². The largest absolute Gasteiger partial charge is 0.449 e. The quantitative estimate of drug-likeness (QED) is 0.593. The van der Waals surface area contributed by atoms with Crippen LogP contribution in [0.2, 0.25) is 0 Å². The van der Waals surface area contributed by atoms with E-state index in [0.29, 0.717) is 37.1 Å². The van der Waals surface area contributed by atoms with E-state index >= 15 is 0 Å². The zero-order valence-corrected chi connectivity index (χ0v) is 18.4. The van der Waals surface area contributed by atoms with Gasteiger partial charge in [-0.2, -0.15) is 0 Å². The van der Waals surface area contributed by atoms with E-state index in [1.54, 1.807) is 12.1 Å². The Labute approximate surface area is 183 Å². The van der Waals surface area contributed by atoms with Crippen LogP contribution in [0, 0.1) is 11.7 Å². The Hall–Kier alpha value is -2.35. The van der Waals surface area contributed by atoms with Gasteiger partial charge in [0.2, 0.25) is 6.41 Å². The third kappa shape index (κ3) is 6.82. The maximum absolute atomic E-state index is 14.8. The lowest BCUT2D eigenvalue weighted by molar-refractivity contribution is -0.122. The molecule has 1 unspecified atom stereocenters. The molecule has 31 heavy (non-hydrogen) atoms. The Kier molecular flexibility index (Phi) is 8.94. The summed E-state index contributed by atoms with van der Waals surface area (Å²) in [7, 11) is 0. The van der Waals surface area contributed by atoms with Gasteiger partial charge in [0.25, 0.3) is 0 Å². The Morgan fingerprint density at radius 3 is 2.87 bits per heavy atom. The zero-order valence-electron chi connectivity index (χ0n) is 18.4. The van der Waals surface area contributed by atoms with Gasteiger partial charge in [0.05, 0.1) is 12.3 Å². The Bertz CT molecular complexity index is 727. The minimum Gasteiger partial charge on any atom is -0.449 e. The van der Waals surface area contributed by atoms with Gasteiger partial charge in [-0.05, 0) is 62.6 Å². The summed E-state index contributed by atoms with van der Waals surface area (Å²) in [5.74, 6) is 0.0583. The molecule has 7 nitrogen and oxygen atoms in total. The van der Waals surface area contributed by atoms with Gasteiger partial charge in [0.1, 0.15) is 5.82 Å². The standard InChI is InChI=1S/C23H34FN3O4/c1-2-12-31-23(29)25-19-5-6-22(21(24)15-19)26-10-3-4-18(16-26)7-11-27(17-28)20-8-13-30-14-9-20/h5-6,15,17-18,20H,2-4,7-14,16H2,1H3,(H,25,29). The number of nitrogens with one attached hydrogen (secondary N) is 1. The monoisotopic (exact) mass is 435 g/mol. The first kappa shape index (κ1) is 23.3. The third-order valence-corrected chi connectivity index (χ3v) is 6.08. The number of halogens is 1. The summed E-state index contributed by atoms with van der Waals surface area (Å²) in [6.07, 6.45) is 5.91. The number of nitrogens with zero attached hydrogens (tertiary/aromatic N) is 2. The van der Waals surface area contributed by atoms with Crippen molar-refractivity contribution in [3.8, 4) is 0 Å². The van der Waals surface area contributed by atoms with E-state index in [4.69, 9.17) is 9.47 Å². The molecule has 1 N–H and O–H groups in total. The van der Waals surface area contributed by atoms with Crippen LogP contribution in [0.4, 0.5) is 20.6 Å². The van der Waals surface area contributed by atoms with Crippen molar-refractivity contribution in [2.75, 3.05) is 49.7 Å². The van der Waals surface area contributed by atoms with Crippen LogP contribution in [0.25, 0.3) is 0 Å². The van der Waals surface area contributed by atoms with Crippen LogP contribution in [0.3, 0.4) is 0 Å². The molecule has 0 bridgehead atoms. The second kappa shape index (κ2) is 11.9. The number of benzene rings is 1. The Morgan fingerprint density at radius 1 is 1.35 bits per heavy atom. The summed E-state index contributed by atoms with van der Waals surface area (Å²) in [5, 5.41) is 2.56. The summed E-state index contributed by atoms with van der Waals surface area (Å²) in [6.45, 7) is 5.97. The molecule has 0 spiro atoms. The minimum atomic E-state index is -0.573. The van der Waals surface area contributed by atoms with Gasteiger partial charge in [-0.25, -0.2) is 9.18 Å². The maximum Gasteiger partial charge on any atom is 0.411 e. The molecule has 0 radical (unpaired) electrons. The second-order valence-corrected chi connectivity index (χ2v) is 8.36. The number of piperidine rings is 1. The Balaban J connectivity index is 1.53. The van der Waals surface area contributed by atoms with E-state index < -0.39 is 6.09 Å². The highest BCUT2D eigenvalue weighted by molar-refractivity contribution is 5.84. The number of hydrogen-bond donors (Lipinski definition) is 1. The van der Waals surface area contributed by atoms with Gasteiger partial charge in [-0.1, -0.05) is 6.92 Å². The average Bonchev–Trinajstić information content (AvgIpc) is 2.79. The number of hydrogen-bond acceptors (Lipinski definition) is 5. The molecule has 0 aliphatic carbocycles. The predicted molar refractivity (Wildman–Crippen MR) is 118 cm³/mol. The van der Waals surface area contributed by atoms with Crippen LogP contribution in [-0.4, -0.2) is 62.9 Å². The van der Waals surface area contributed by atoms with Crippen molar-refractivity contribution in [1.82, 2.24) is 4.90 Å². The fourth-order valence-electron chi connectivity index (χ4n) is 4.38. The van der Waals surface area contributed by atoms with Crippen molar-refractivity contribution in [2.24, 2.45) is 5.92 Å². The number of amides is 2. The fourth-order valence-corrected chi connectivity index (χ4v) is 4.38. The Morgan fingerprint density at radius 2 is 2.16 bits per heavy atom. The first-order chi connectivity index (χ1) is 15.1. The van der Waals surface area contributed by atoms with Crippen molar-refractivity contribution in [2.45, 2.75) is 51.5 Å². The van der Waals surface area contributed by atoms with E-state index in [0.717, 1.165) is 64.6 Å². The normalized spacial score (nSPS) is 19.7. The lowest BCUT2D eigenvalue weighted by Gasteiger charge is -2.37. The van der Waals surface area contributed by atoms with Crippen LogP contribution >= 0.6 is 0 Å². The van der Waals surface area contributed by atoms with Gasteiger partial charge in [0.15, 0.2) is 0 Å². The number of rotatable bonds is 9. The van der Waals surface area contributed by atoms with Gasteiger partial charge in [0, 0.05) is 44.6 Å². The smallest absolute Gasteiger partial charge is 0.411 e. The van der Waals surface area contributed by atoms with Gasteiger partial charge in [-0.15, -0.1) is 0 Å². The SMILES string of the molecule is CCCOC(=O)Nc1ccc(N2CCCC(CCN(C=O)C3CCOCC3)C2)c(F)c1. The first-order valence-corrected chi connectivity index (χ1v) is 11.4. The van der Waals surface area contributed by atoms with Crippen LogP contribution in [0.1, 0.15) is 45.4 Å². The first-order valence-electron chi connectivity index (χ1n) is 11.4. The van der Waals surface area contributed by atoms with E-state index in [1.165, 1.54) is 6.07 Å². The second-order valence-electron chi connectivity index (χ2n) is 8.36. The molecule has 2 fully saturated rings. The lowest BCUT2D eigenvalue weighted by atomic mass is 9.93. The molecule has 8 heteroatoms. The van der Waals surface area contributed by atoms with Crippen LogP contribution in [0.5, 0.6) is 0 Å². The molecule has 0 saturated carbocycles. The van der Waals surface area contributed by atoms with Gasteiger partial charge >= 0.3 is 6.09 Å². The summed E-state index contributed by atoms with van der Waals surface area (Å²) in [5.41, 5.74) is 0.933. The van der Waals surface area contributed by atoms with Crippen molar-refractivity contribution >= 4 is 23.9 Å². The molecule has 2 heterocycles. The summed E-state index contributed by atoms with van der Waals surface area (Å²) < 4.78 is 25.1. The van der Waals surface area contributed by atoms with Crippen molar-refractivity contribution < 1.29 is 23.5 Å². The van der Waals surface area contributed by atoms with Gasteiger partial charge in [-0.3, -0.25) is 10.1 Å². The number of ether oxygens (including phenoxy) is 2. The van der Waals surface area contributed by atoms with Crippen LogP contribution in [0.15, 0.2) is 18.2 Å². The molecule has 0 aromatic heterocycles. The summed E-state index contributed by atoms with van der Waals surface area (Å²) in [4.78, 5) is 27.2. The molecule has 2 aliphatic rings. The molecule has 1 aromatic rings. The maximum atomic E-state index is 14.8. The molecular formula is C23H34FN3O4. The highest BCUT2D eigenvalue weighted by atomic mass is 19.1. The van der Waals surface area contributed by atoms with Crippen LogP contribution in [-0.2, 0) is 14.3 Å². The van der Waals surface area contributed by atoms with Crippen LogP contribution < -0.4 is 10.2 Å². The van der Waals surface area contributed by atoms with E-state index in [1.807, 2.05) is 11.8 Å². The molecule has 1 aromatic carbocycles. The molecular weight excluding hydrogens is 401 g/mol. The lowest BCUT2D eigenvalue weighted by Crippen LogP contribution is -2.41. The van der Waals surface area contributed by atoms with Crippen molar-refractivity contribution in [1.29, 1.82) is 0 Å². The fraction of sp³-hybridized carbons (Fsp3) is 0.652.